The van der Waals surface area contributed by atoms with E-state index in [9.17, 15) is 9.59 Å². The average Bonchev–Trinajstić information content (AvgIpc) is 3.33. The van der Waals surface area contributed by atoms with Gasteiger partial charge in [0.2, 0.25) is 17.8 Å². The van der Waals surface area contributed by atoms with Crippen LogP contribution < -0.4 is 15.6 Å². The lowest BCUT2D eigenvalue weighted by Crippen LogP contribution is -2.47. The number of amides is 2. The van der Waals surface area contributed by atoms with Crippen molar-refractivity contribution in [1.29, 1.82) is 0 Å². The van der Waals surface area contributed by atoms with Crippen LogP contribution in [0, 0.1) is 0 Å². The van der Waals surface area contributed by atoms with Crippen molar-refractivity contribution in [3.8, 4) is 11.3 Å². The van der Waals surface area contributed by atoms with Crippen LogP contribution in [0.3, 0.4) is 0 Å². The van der Waals surface area contributed by atoms with Gasteiger partial charge in [-0.2, -0.15) is 0 Å². The highest BCUT2D eigenvalue weighted by molar-refractivity contribution is 5.99. The first-order chi connectivity index (χ1) is 16.7. The Morgan fingerprint density at radius 2 is 1.82 bits per heavy atom. The second-order valence-corrected chi connectivity index (χ2v) is 8.18. The molecule has 1 aromatic heterocycles. The van der Waals surface area contributed by atoms with Crippen LogP contribution in [-0.2, 0) is 14.3 Å². The van der Waals surface area contributed by atoms with Crippen molar-refractivity contribution in [2.24, 2.45) is 0 Å². The average molecular weight is 459 g/mol. The molecule has 1 atom stereocenters. The quantitative estimate of drug-likeness (QED) is 0.586. The number of carbonyl (C=O) groups excluding carboxylic acids is 2. The van der Waals surface area contributed by atoms with Crippen molar-refractivity contribution in [3.05, 3.63) is 66.9 Å². The Bertz CT molecular complexity index is 1150. The number of hydrogen-bond acceptors (Lipinski definition) is 7. The predicted molar refractivity (Wildman–Crippen MR) is 128 cm³/mol. The second kappa shape index (κ2) is 9.98. The number of nitrogens with zero attached hydrogens (tertiary/aromatic N) is 4. The first-order valence-corrected chi connectivity index (χ1v) is 11.4. The first kappa shape index (κ1) is 22.0. The molecule has 5 rings (SSSR count). The molecule has 2 saturated heterocycles. The third-order valence-electron chi connectivity index (χ3n) is 5.86. The molecule has 0 bridgehead atoms. The molecule has 174 valence electrons. The van der Waals surface area contributed by atoms with Crippen LogP contribution in [0.1, 0.15) is 12.8 Å². The maximum absolute atomic E-state index is 12.4. The number of anilines is 3. The van der Waals surface area contributed by atoms with E-state index in [1.54, 1.807) is 6.20 Å². The first-order valence-electron chi connectivity index (χ1n) is 11.4. The fourth-order valence-corrected chi connectivity index (χ4v) is 4.10. The number of para-hydroxylation sites is 1. The molecule has 0 saturated carbocycles. The third-order valence-corrected chi connectivity index (χ3v) is 5.86. The molecule has 2 fully saturated rings. The Labute approximate surface area is 197 Å². The fourth-order valence-electron chi connectivity index (χ4n) is 4.10. The van der Waals surface area contributed by atoms with Gasteiger partial charge in [0.15, 0.2) is 0 Å². The summed E-state index contributed by atoms with van der Waals surface area (Å²) in [5.41, 5.74) is 3.34. The molecule has 0 spiro atoms. The Kier molecular flexibility index (Phi) is 6.46. The van der Waals surface area contributed by atoms with Crippen LogP contribution in [0.2, 0.25) is 0 Å². The Morgan fingerprint density at radius 1 is 1.06 bits per heavy atom. The molecule has 2 aliphatic heterocycles. The molecule has 34 heavy (non-hydrogen) atoms. The SMILES string of the molecule is O=C1CCC(C(=O)Nc2ccc(-c3ccnc(N(c4ccccc4)N4CCOCC4)n3)cc2)N1. The van der Waals surface area contributed by atoms with Gasteiger partial charge < -0.3 is 15.4 Å². The number of aromatic nitrogens is 2. The van der Waals surface area contributed by atoms with Crippen molar-refractivity contribution in [1.82, 2.24) is 20.3 Å². The molecule has 0 radical (unpaired) electrons. The van der Waals surface area contributed by atoms with Gasteiger partial charge in [-0.3, -0.25) is 9.59 Å². The summed E-state index contributed by atoms with van der Waals surface area (Å²) in [5, 5.41) is 9.78. The molecule has 1 unspecified atom stereocenters. The van der Waals surface area contributed by atoms with E-state index in [-0.39, 0.29) is 11.8 Å². The van der Waals surface area contributed by atoms with E-state index < -0.39 is 6.04 Å². The number of hydrazine groups is 1. The van der Waals surface area contributed by atoms with Crippen molar-refractivity contribution in [2.45, 2.75) is 18.9 Å². The summed E-state index contributed by atoms with van der Waals surface area (Å²) >= 11 is 0. The molecular weight excluding hydrogens is 432 g/mol. The van der Waals surface area contributed by atoms with Crippen molar-refractivity contribution >= 4 is 29.1 Å². The minimum Gasteiger partial charge on any atom is -0.379 e. The summed E-state index contributed by atoms with van der Waals surface area (Å²) in [6.07, 6.45) is 2.66. The molecule has 0 aliphatic carbocycles. The van der Waals surface area contributed by atoms with E-state index in [1.165, 1.54) is 0 Å². The largest absolute Gasteiger partial charge is 0.379 e. The zero-order chi connectivity index (χ0) is 23.3. The Morgan fingerprint density at radius 3 is 2.53 bits per heavy atom. The summed E-state index contributed by atoms with van der Waals surface area (Å²) in [6, 6.07) is 18.9. The zero-order valence-electron chi connectivity index (χ0n) is 18.7. The van der Waals surface area contributed by atoms with Gasteiger partial charge >= 0.3 is 0 Å². The summed E-state index contributed by atoms with van der Waals surface area (Å²) < 4.78 is 5.53. The summed E-state index contributed by atoms with van der Waals surface area (Å²) in [7, 11) is 0. The third kappa shape index (κ3) is 4.90. The van der Waals surface area contributed by atoms with Crippen molar-refractivity contribution in [3.63, 3.8) is 0 Å². The number of morpholine rings is 1. The zero-order valence-corrected chi connectivity index (χ0v) is 18.7. The van der Waals surface area contributed by atoms with Crippen LogP contribution in [-0.4, -0.2) is 59.1 Å². The van der Waals surface area contributed by atoms with Gasteiger partial charge in [0.25, 0.3) is 0 Å². The van der Waals surface area contributed by atoms with Crippen molar-refractivity contribution < 1.29 is 14.3 Å². The smallest absolute Gasteiger partial charge is 0.246 e. The van der Waals surface area contributed by atoms with Crippen LogP contribution in [0.25, 0.3) is 11.3 Å². The molecule has 9 heteroatoms. The second-order valence-electron chi connectivity index (χ2n) is 8.18. The van der Waals surface area contributed by atoms with Crippen LogP contribution in [0.4, 0.5) is 17.3 Å². The van der Waals surface area contributed by atoms with Gasteiger partial charge in [-0.05, 0) is 36.8 Å². The van der Waals surface area contributed by atoms with E-state index >= 15 is 0 Å². The van der Waals surface area contributed by atoms with E-state index in [4.69, 9.17) is 9.72 Å². The number of ether oxygens (including phenoxy) is 1. The maximum atomic E-state index is 12.4. The maximum Gasteiger partial charge on any atom is 0.246 e. The lowest BCUT2D eigenvalue weighted by molar-refractivity contribution is -0.122. The van der Waals surface area contributed by atoms with E-state index in [0.717, 1.165) is 30.0 Å². The van der Waals surface area contributed by atoms with Gasteiger partial charge in [0.1, 0.15) is 6.04 Å². The fraction of sp³-hybridized carbons (Fsp3) is 0.280. The summed E-state index contributed by atoms with van der Waals surface area (Å²) in [6.45, 7) is 2.80. The number of hydrogen-bond donors (Lipinski definition) is 2. The molecule has 3 heterocycles. The molecule has 2 aromatic carbocycles. The summed E-state index contributed by atoms with van der Waals surface area (Å²) in [5.74, 6) is 0.295. The lowest BCUT2D eigenvalue weighted by atomic mass is 10.1. The highest BCUT2D eigenvalue weighted by Gasteiger charge is 2.27. The van der Waals surface area contributed by atoms with Gasteiger partial charge in [-0.15, -0.1) is 0 Å². The number of benzene rings is 2. The van der Waals surface area contributed by atoms with Crippen molar-refractivity contribution in [2.75, 3.05) is 36.6 Å². The highest BCUT2D eigenvalue weighted by Crippen LogP contribution is 2.27. The Balaban J connectivity index is 1.36. The minimum absolute atomic E-state index is 0.0864. The number of rotatable bonds is 6. The van der Waals surface area contributed by atoms with E-state index in [0.29, 0.717) is 37.7 Å². The highest BCUT2D eigenvalue weighted by atomic mass is 16.5. The molecular formula is C25H26N6O3. The van der Waals surface area contributed by atoms with E-state index in [2.05, 4.69) is 20.6 Å². The molecule has 3 aromatic rings. The van der Waals surface area contributed by atoms with Gasteiger partial charge in [0.05, 0.1) is 24.6 Å². The number of carbonyl (C=O) groups is 2. The normalized spacial score (nSPS) is 18.4. The van der Waals surface area contributed by atoms with Gasteiger partial charge in [0, 0.05) is 37.0 Å². The number of nitrogens with one attached hydrogen (secondary N) is 2. The molecule has 9 nitrogen and oxygen atoms in total. The minimum atomic E-state index is -0.472. The molecule has 2 aliphatic rings. The summed E-state index contributed by atoms with van der Waals surface area (Å²) in [4.78, 5) is 33.1. The van der Waals surface area contributed by atoms with Gasteiger partial charge in [-0.25, -0.2) is 20.0 Å². The van der Waals surface area contributed by atoms with Crippen LogP contribution in [0.5, 0.6) is 0 Å². The van der Waals surface area contributed by atoms with E-state index in [1.807, 2.05) is 65.7 Å². The Hall–Kier alpha value is -3.82. The molecule has 2 N–H and O–H groups in total. The van der Waals surface area contributed by atoms with Crippen LogP contribution >= 0.6 is 0 Å². The van der Waals surface area contributed by atoms with Crippen LogP contribution in [0.15, 0.2) is 66.9 Å². The standard InChI is InChI=1S/C25H26N6O3/c32-23-11-10-22(28-23)24(33)27-19-8-6-18(7-9-19)21-12-13-26-25(29-21)31(20-4-2-1-3-5-20)30-14-16-34-17-15-30/h1-9,12-13,22H,10-11,14-17H2,(H,27,33)(H,28,32). The monoisotopic (exact) mass is 458 g/mol. The lowest BCUT2D eigenvalue weighted by Gasteiger charge is -2.37. The predicted octanol–water partition coefficient (Wildman–Crippen LogP) is 2.75. The topological polar surface area (TPSA) is 99.7 Å². The molecule has 2 amide bonds. The van der Waals surface area contributed by atoms with Gasteiger partial charge in [-0.1, -0.05) is 30.3 Å².